The molecule has 2 rings (SSSR count). The minimum Gasteiger partial charge on any atom is -0.481 e. The van der Waals surface area contributed by atoms with Crippen molar-refractivity contribution in [2.24, 2.45) is 17.8 Å². The molecule has 0 amide bonds. The van der Waals surface area contributed by atoms with Crippen LogP contribution in [0.2, 0.25) is 0 Å². The van der Waals surface area contributed by atoms with Crippen LogP contribution in [0.4, 0.5) is 0 Å². The van der Waals surface area contributed by atoms with Crippen molar-refractivity contribution < 1.29 is 9.90 Å². The van der Waals surface area contributed by atoms with Crippen molar-refractivity contribution >= 4 is 5.97 Å². The third-order valence-corrected chi connectivity index (χ3v) is 4.99. The van der Waals surface area contributed by atoms with E-state index in [9.17, 15) is 9.90 Å². The van der Waals surface area contributed by atoms with Crippen molar-refractivity contribution in [1.82, 2.24) is 4.90 Å². The standard InChI is InChI=1S/C16H29NO2/c1-3-9-17(11-13-5-6-13)15-10-12(4-2)7-8-14(15)16(18)19/h12-15H,3-11H2,1-2H3,(H,18,19). The summed E-state index contributed by atoms with van der Waals surface area (Å²) in [4.78, 5) is 14.1. The van der Waals surface area contributed by atoms with Crippen LogP contribution in [0.25, 0.3) is 0 Å². The number of carbonyl (C=O) groups is 1. The lowest BCUT2D eigenvalue weighted by Gasteiger charge is -2.41. The van der Waals surface area contributed by atoms with Gasteiger partial charge in [-0.05, 0) is 56.9 Å². The zero-order valence-electron chi connectivity index (χ0n) is 12.5. The van der Waals surface area contributed by atoms with Gasteiger partial charge in [-0.15, -0.1) is 0 Å². The van der Waals surface area contributed by atoms with Crippen LogP contribution in [-0.2, 0) is 4.79 Å². The van der Waals surface area contributed by atoms with Gasteiger partial charge >= 0.3 is 5.97 Å². The number of hydrogen-bond donors (Lipinski definition) is 1. The van der Waals surface area contributed by atoms with E-state index >= 15 is 0 Å². The van der Waals surface area contributed by atoms with E-state index in [2.05, 4.69) is 18.7 Å². The van der Waals surface area contributed by atoms with Gasteiger partial charge in [0, 0.05) is 12.6 Å². The Bertz CT molecular complexity index is 301. The predicted molar refractivity (Wildman–Crippen MR) is 77.1 cm³/mol. The van der Waals surface area contributed by atoms with E-state index in [0.717, 1.165) is 50.6 Å². The lowest BCUT2D eigenvalue weighted by atomic mass is 9.76. The molecule has 1 N–H and O–H groups in total. The summed E-state index contributed by atoms with van der Waals surface area (Å²) in [5.74, 6) is 0.881. The highest BCUT2D eigenvalue weighted by atomic mass is 16.4. The number of rotatable bonds is 7. The van der Waals surface area contributed by atoms with E-state index in [0.29, 0.717) is 0 Å². The normalized spacial score (nSPS) is 31.6. The van der Waals surface area contributed by atoms with E-state index in [-0.39, 0.29) is 12.0 Å². The Morgan fingerprint density at radius 2 is 1.84 bits per heavy atom. The molecule has 3 atom stereocenters. The highest BCUT2D eigenvalue weighted by Crippen LogP contribution is 2.37. The van der Waals surface area contributed by atoms with Crippen molar-refractivity contribution in [1.29, 1.82) is 0 Å². The monoisotopic (exact) mass is 267 g/mol. The zero-order valence-corrected chi connectivity index (χ0v) is 12.5. The Balaban J connectivity index is 2.05. The first kappa shape index (κ1) is 14.8. The molecule has 0 saturated heterocycles. The summed E-state index contributed by atoms with van der Waals surface area (Å²) >= 11 is 0. The van der Waals surface area contributed by atoms with Crippen LogP contribution in [0, 0.1) is 17.8 Å². The van der Waals surface area contributed by atoms with Crippen LogP contribution in [0.5, 0.6) is 0 Å². The molecule has 0 aromatic rings. The molecule has 2 fully saturated rings. The number of hydrogen-bond acceptors (Lipinski definition) is 2. The van der Waals surface area contributed by atoms with Gasteiger partial charge in [0.2, 0.25) is 0 Å². The van der Waals surface area contributed by atoms with Crippen molar-refractivity contribution in [3.8, 4) is 0 Å². The molecule has 2 aliphatic carbocycles. The molecule has 2 aliphatic rings. The highest BCUT2D eigenvalue weighted by Gasteiger charge is 2.39. The smallest absolute Gasteiger partial charge is 0.308 e. The first-order chi connectivity index (χ1) is 9.15. The first-order valence-electron chi connectivity index (χ1n) is 8.12. The third kappa shape index (κ3) is 3.95. The summed E-state index contributed by atoms with van der Waals surface area (Å²) in [5, 5.41) is 9.51. The molecule has 0 aliphatic heterocycles. The molecule has 0 aromatic heterocycles. The fourth-order valence-corrected chi connectivity index (χ4v) is 3.61. The van der Waals surface area contributed by atoms with Crippen molar-refractivity contribution in [3.63, 3.8) is 0 Å². The summed E-state index contributed by atoms with van der Waals surface area (Å²) in [7, 11) is 0. The Kier molecular flexibility index (Phi) is 5.26. The maximum Gasteiger partial charge on any atom is 0.308 e. The number of carboxylic acid groups (broad SMARTS) is 1. The molecule has 3 nitrogen and oxygen atoms in total. The second kappa shape index (κ2) is 6.74. The molecule has 110 valence electrons. The molecule has 0 bridgehead atoms. The van der Waals surface area contributed by atoms with Crippen molar-refractivity contribution in [2.45, 2.75) is 64.8 Å². The van der Waals surface area contributed by atoms with Crippen LogP contribution >= 0.6 is 0 Å². The van der Waals surface area contributed by atoms with Crippen LogP contribution in [0.1, 0.15) is 58.8 Å². The Hall–Kier alpha value is -0.570. The molecule has 3 heteroatoms. The average Bonchev–Trinajstić information content (AvgIpc) is 3.21. The minimum absolute atomic E-state index is 0.131. The molecule has 0 aromatic carbocycles. The average molecular weight is 267 g/mol. The molecule has 0 radical (unpaired) electrons. The molecule has 2 saturated carbocycles. The minimum atomic E-state index is -0.573. The first-order valence-corrected chi connectivity index (χ1v) is 8.12. The van der Waals surface area contributed by atoms with Gasteiger partial charge in [0.25, 0.3) is 0 Å². The van der Waals surface area contributed by atoms with Gasteiger partial charge in [-0.2, -0.15) is 0 Å². The summed E-state index contributed by atoms with van der Waals surface area (Å²) in [5.41, 5.74) is 0. The Morgan fingerprint density at radius 1 is 1.16 bits per heavy atom. The second-order valence-corrected chi connectivity index (χ2v) is 6.54. The number of carboxylic acids is 1. The van der Waals surface area contributed by atoms with Gasteiger partial charge in [0.1, 0.15) is 0 Å². The Morgan fingerprint density at radius 3 is 2.37 bits per heavy atom. The van der Waals surface area contributed by atoms with Gasteiger partial charge in [-0.1, -0.05) is 20.3 Å². The van der Waals surface area contributed by atoms with Crippen molar-refractivity contribution in [2.75, 3.05) is 13.1 Å². The second-order valence-electron chi connectivity index (χ2n) is 6.54. The van der Waals surface area contributed by atoms with E-state index in [4.69, 9.17) is 0 Å². The van der Waals surface area contributed by atoms with E-state index in [1.54, 1.807) is 0 Å². The third-order valence-electron chi connectivity index (χ3n) is 4.99. The van der Waals surface area contributed by atoms with E-state index < -0.39 is 5.97 Å². The summed E-state index contributed by atoms with van der Waals surface area (Å²) in [6.45, 7) is 6.66. The summed E-state index contributed by atoms with van der Waals surface area (Å²) < 4.78 is 0. The molecular weight excluding hydrogens is 238 g/mol. The van der Waals surface area contributed by atoms with Gasteiger partial charge in [-0.25, -0.2) is 0 Å². The van der Waals surface area contributed by atoms with Gasteiger partial charge in [0.15, 0.2) is 0 Å². The van der Waals surface area contributed by atoms with Crippen LogP contribution in [0.3, 0.4) is 0 Å². The molecule has 0 heterocycles. The van der Waals surface area contributed by atoms with Gasteiger partial charge < -0.3 is 5.11 Å². The van der Waals surface area contributed by atoms with Crippen LogP contribution in [0.15, 0.2) is 0 Å². The lowest BCUT2D eigenvalue weighted by molar-refractivity contribution is -0.146. The fourth-order valence-electron chi connectivity index (χ4n) is 3.61. The van der Waals surface area contributed by atoms with Gasteiger partial charge in [0.05, 0.1) is 5.92 Å². The zero-order chi connectivity index (χ0) is 13.8. The topological polar surface area (TPSA) is 40.5 Å². The lowest BCUT2D eigenvalue weighted by Crippen LogP contribution is -2.48. The maximum absolute atomic E-state index is 11.5. The highest BCUT2D eigenvalue weighted by molar-refractivity contribution is 5.71. The van der Waals surface area contributed by atoms with Crippen molar-refractivity contribution in [3.05, 3.63) is 0 Å². The summed E-state index contributed by atoms with van der Waals surface area (Å²) in [6.07, 6.45) is 8.11. The maximum atomic E-state index is 11.5. The predicted octanol–water partition coefficient (Wildman–Crippen LogP) is 3.39. The molecule has 3 unspecified atom stereocenters. The molecule has 19 heavy (non-hydrogen) atoms. The molecule has 0 spiro atoms. The van der Waals surface area contributed by atoms with E-state index in [1.807, 2.05) is 0 Å². The molecular formula is C16H29NO2. The largest absolute Gasteiger partial charge is 0.481 e. The quantitative estimate of drug-likeness (QED) is 0.768. The fraction of sp³-hybridized carbons (Fsp3) is 0.938. The van der Waals surface area contributed by atoms with Crippen LogP contribution in [-0.4, -0.2) is 35.1 Å². The number of aliphatic carboxylic acids is 1. The van der Waals surface area contributed by atoms with Gasteiger partial charge in [-0.3, -0.25) is 9.69 Å². The SMILES string of the molecule is CCCN(CC1CC1)C1CC(CC)CCC1C(=O)O. The number of nitrogens with zero attached hydrogens (tertiary/aromatic N) is 1. The Labute approximate surface area is 117 Å². The van der Waals surface area contributed by atoms with E-state index in [1.165, 1.54) is 19.3 Å². The summed E-state index contributed by atoms with van der Waals surface area (Å²) in [6, 6.07) is 0.289. The van der Waals surface area contributed by atoms with Crippen LogP contribution < -0.4 is 0 Å².